The van der Waals surface area contributed by atoms with Crippen LogP contribution in [0.5, 0.6) is 5.75 Å². The van der Waals surface area contributed by atoms with Gasteiger partial charge < -0.3 is 15.0 Å². The minimum atomic E-state index is -4.61. The minimum absolute atomic E-state index is 0.0401. The highest BCUT2D eigenvalue weighted by Gasteiger charge is 2.31. The summed E-state index contributed by atoms with van der Waals surface area (Å²) in [5.74, 6) is 0.0602. The molecular weight excluding hydrogens is 501 g/mol. The van der Waals surface area contributed by atoms with Crippen LogP contribution in [0.25, 0.3) is 22.0 Å². The minimum Gasteiger partial charge on any atom is -0.507 e. The van der Waals surface area contributed by atoms with E-state index >= 15 is 0 Å². The molecule has 1 heterocycles. The van der Waals surface area contributed by atoms with Gasteiger partial charge in [-0.25, -0.2) is 0 Å². The third-order valence-electron chi connectivity index (χ3n) is 5.35. The first-order valence-corrected chi connectivity index (χ1v) is 12.3. The summed E-state index contributed by atoms with van der Waals surface area (Å²) in [7, 11) is 1.92. The SMILES string of the molecule is CC(C)CN(C)CCC(=O)CSc1c(-c2cc(Cl)ccc2O)c2cc(C(F)(F)F)ccc2[nH]c1=O. The Balaban J connectivity index is 2.05. The number of H-pyrrole nitrogens is 1. The molecule has 0 saturated heterocycles. The first-order chi connectivity index (χ1) is 16.4. The van der Waals surface area contributed by atoms with Crippen molar-refractivity contribution in [2.24, 2.45) is 5.92 Å². The maximum absolute atomic E-state index is 13.5. The molecule has 0 amide bonds. The van der Waals surface area contributed by atoms with Crippen LogP contribution in [-0.4, -0.2) is 46.7 Å². The smallest absolute Gasteiger partial charge is 0.416 e. The van der Waals surface area contributed by atoms with Gasteiger partial charge in [0.25, 0.3) is 5.56 Å². The predicted octanol–water partition coefficient (Wildman–Crippen LogP) is 6.21. The van der Waals surface area contributed by atoms with E-state index in [9.17, 15) is 27.9 Å². The largest absolute Gasteiger partial charge is 0.507 e. The number of benzene rings is 2. The number of pyridine rings is 1. The number of carbonyl (C=O) groups excluding carboxylic acids is 1. The van der Waals surface area contributed by atoms with Gasteiger partial charge in [-0.2, -0.15) is 13.2 Å². The summed E-state index contributed by atoms with van der Waals surface area (Å²) in [5.41, 5.74) is -1.09. The summed E-state index contributed by atoms with van der Waals surface area (Å²) in [6.07, 6.45) is -4.33. The van der Waals surface area contributed by atoms with E-state index < -0.39 is 17.3 Å². The summed E-state index contributed by atoms with van der Waals surface area (Å²) in [5, 5.41) is 10.8. The second-order valence-electron chi connectivity index (χ2n) is 8.81. The fourth-order valence-electron chi connectivity index (χ4n) is 3.82. The Labute approximate surface area is 210 Å². The number of hydrogen-bond acceptors (Lipinski definition) is 5. The Kier molecular flexibility index (Phi) is 8.56. The van der Waals surface area contributed by atoms with E-state index in [1.807, 2.05) is 11.9 Å². The molecule has 5 nitrogen and oxygen atoms in total. The zero-order valence-electron chi connectivity index (χ0n) is 19.5. The van der Waals surface area contributed by atoms with Crippen molar-refractivity contribution in [3.8, 4) is 16.9 Å². The van der Waals surface area contributed by atoms with Crippen molar-refractivity contribution in [1.29, 1.82) is 0 Å². The molecule has 0 unspecified atom stereocenters. The van der Waals surface area contributed by atoms with Gasteiger partial charge in [-0.15, -0.1) is 11.8 Å². The van der Waals surface area contributed by atoms with Crippen LogP contribution in [0.1, 0.15) is 25.8 Å². The number of ketones is 1. The van der Waals surface area contributed by atoms with Crippen molar-refractivity contribution in [2.45, 2.75) is 31.3 Å². The summed E-state index contributed by atoms with van der Waals surface area (Å²) < 4.78 is 40.4. The maximum Gasteiger partial charge on any atom is 0.416 e. The van der Waals surface area contributed by atoms with E-state index in [1.54, 1.807) is 0 Å². The third kappa shape index (κ3) is 6.80. The molecule has 0 fully saturated rings. The van der Waals surface area contributed by atoms with Crippen LogP contribution in [0.15, 0.2) is 46.1 Å². The lowest BCUT2D eigenvalue weighted by atomic mass is 9.98. The number of aromatic hydroxyl groups is 1. The molecule has 3 rings (SSSR count). The highest BCUT2D eigenvalue weighted by molar-refractivity contribution is 8.00. The molecule has 3 aromatic rings. The van der Waals surface area contributed by atoms with Gasteiger partial charge in [-0.3, -0.25) is 9.59 Å². The van der Waals surface area contributed by atoms with Crippen LogP contribution < -0.4 is 5.56 Å². The number of nitrogens with one attached hydrogen (secondary N) is 1. The Hall–Kier alpha value is -2.49. The van der Waals surface area contributed by atoms with Gasteiger partial charge in [0.15, 0.2) is 0 Å². The number of Topliss-reactive ketones (excluding diaryl/α,β-unsaturated/α-hetero) is 1. The third-order valence-corrected chi connectivity index (χ3v) is 6.73. The van der Waals surface area contributed by atoms with Crippen LogP contribution in [-0.2, 0) is 11.0 Å². The molecule has 0 saturated carbocycles. The first-order valence-electron chi connectivity index (χ1n) is 11.0. The normalized spacial score (nSPS) is 12.1. The topological polar surface area (TPSA) is 73.4 Å². The monoisotopic (exact) mass is 526 g/mol. The molecule has 35 heavy (non-hydrogen) atoms. The number of halogens is 4. The van der Waals surface area contributed by atoms with E-state index in [2.05, 4.69) is 18.8 Å². The van der Waals surface area contributed by atoms with E-state index in [4.69, 9.17) is 11.6 Å². The first kappa shape index (κ1) is 27.1. The molecule has 10 heteroatoms. The molecule has 0 aliphatic rings. The van der Waals surface area contributed by atoms with Gasteiger partial charge in [0.2, 0.25) is 0 Å². The number of thioether (sulfide) groups is 1. The van der Waals surface area contributed by atoms with E-state index in [0.29, 0.717) is 12.5 Å². The number of nitrogens with zero attached hydrogens (tertiary/aromatic N) is 1. The lowest BCUT2D eigenvalue weighted by Gasteiger charge is -2.18. The van der Waals surface area contributed by atoms with Crippen molar-refractivity contribution >= 4 is 40.0 Å². The van der Waals surface area contributed by atoms with Gasteiger partial charge in [0, 0.05) is 46.6 Å². The molecule has 0 aliphatic carbocycles. The number of phenolic OH excluding ortho intramolecular Hbond substituents is 1. The van der Waals surface area contributed by atoms with Gasteiger partial charge >= 0.3 is 6.18 Å². The predicted molar refractivity (Wildman–Crippen MR) is 134 cm³/mol. The molecule has 0 spiro atoms. The Morgan fingerprint density at radius 3 is 2.57 bits per heavy atom. The van der Waals surface area contributed by atoms with E-state index in [-0.39, 0.29) is 55.7 Å². The summed E-state index contributed by atoms with van der Waals surface area (Å²) in [4.78, 5) is 30.2. The Morgan fingerprint density at radius 2 is 1.91 bits per heavy atom. The quantitative estimate of drug-likeness (QED) is 0.324. The van der Waals surface area contributed by atoms with Gasteiger partial charge in [0.05, 0.1) is 16.2 Å². The molecule has 2 aromatic carbocycles. The van der Waals surface area contributed by atoms with Crippen molar-refractivity contribution < 1.29 is 23.1 Å². The average Bonchev–Trinajstić information content (AvgIpc) is 2.76. The molecule has 0 atom stereocenters. The zero-order chi connectivity index (χ0) is 25.9. The highest BCUT2D eigenvalue weighted by Crippen LogP contribution is 2.42. The van der Waals surface area contributed by atoms with Gasteiger partial charge in [-0.05, 0) is 49.4 Å². The van der Waals surface area contributed by atoms with Gasteiger partial charge in [-0.1, -0.05) is 25.4 Å². The van der Waals surface area contributed by atoms with Crippen LogP contribution >= 0.6 is 23.4 Å². The number of alkyl halides is 3. The number of aromatic amines is 1. The lowest BCUT2D eigenvalue weighted by molar-refractivity contribution is -0.137. The molecular formula is C25H26ClF3N2O3S. The maximum atomic E-state index is 13.5. The number of fused-ring (bicyclic) bond motifs is 1. The van der Waals surface area contributed by atoms with Crippen LogP contribution in [0.2, 0.25) is 5.02 Å². The average molecular weight is 527 g/mol. The standard InChI is InChI=1S/C25H26ClF3N2O3S/c1-14(2)12-31(3)9-8-17(32)13-35-23-22(19-11-16(26)5-7-21(19)33)18-10-15(25(27,28)29)4-6-20(18)30-24(23)34/h4-7,10-11,14,33H,8-9,12-13H2,1-3H3,(H,30,34). The van der Waals surface area contributed by atoms with E-state index in [0.717, 1.165) is 30.4 Å². The highest BCUT2D eigenvalue weighted by atomic mass is 35.5. The second-order valence-corrected chi connectivity index (χ2v) is 10.2. The molecule has 0 bridgehead atoms. The summed E-state index contributed by atoms with van der Waals surface area (Å²) in [6, 6.07) is 7.11. The van der Waals surface area contributed by atoms with Crippen molar-refractivity contribution in [3.05, 3.63) is 57.3 Å². The fraction of sp³-hybridized carbons (Fsp3) is 0.360. The van der Waals surface area contributed by atoms with Crippen LogP contribution in [0, 0.1) is 5.92 Å². The number of carbonyl (C=O) groups is 1. The Bertz CT molecular complexity index is 1290. The van der Waals surface area contributed by atoms with Crippen LogP contribution in [0.4, 0.5) is 13.2 Å². The molecule has 0 radical (unpaired) electrons. The second kappa shape index (κ2) is 11.1. The summed E-state index contributed by atoms with van der Waals surface area (Å²) >= 11 is 7.04. The number of phenols is 1. The number of hydrogen-bond donors (Lipinski definition) is 2. The fourth-order valence-corrected chi connectivity index (χ4v) is 4.99. The molecule has 0 aliphatic heterocycles. The lowest BCUT2D eigenvalue weighted by Crippen LogP contribution is -2.26. The number of rotatable bonds is 9. The number of aromatic nitrogens is 1. The van der Waals surface area contributed by atoms with E-state index in [1.165, 1.54) is 24.3 Å². The van der Waals surface area contributed by atoms with Crippen molar-refractivity contribution in [3.63, 3.8) is 0 Å². The van der Waals surface area contributed by atoms with Crippen LogP contribution in [0.3, 0.4) is 0 Å². The van der Waals surface area contributed by atoms with Crippen molar-refractivity contribution in [1.82, 2.24) is 9.88 Å². The molecule has 188 valence electrons. The Morgan fingerprint density at radius 1 is 1.20 bits per heavy atom. The van der Waals surface area contributed by atoms with Crippen molar-refractivity contribution in [2.75, 3.05) is 25.9 Å². The zero-order valence-corrected chi connectivity index (χ0v) is 21.1. The molecule has 2 N–H and O–H groups in total. The molecule has 1 aromatic heterocycles. The van der Waals surface area contributed by atoms with Gasteiger partial charge in [0.1, 0.15) is 11.5 Å². The summed E-state index contributed by atoms with van der Waals surface area (Å²) in [6.45, 7) is 5.56.